The molecule has 172 valence electrons. The molecule has 0 aliphatic carbocycles. The van der Waals surface area contributed by atoms with Crippen molar-refractivity contribution in [1.82, 2.24) is 25.5 Å². The molecule has 1 aliphatic rings. The van der Waals surface area contributed by atoms with E-state index in [1.54, 1.807) is 11.8 Å². The fraction of sp³-hybridized carbons (Fsp3) is 0.609. The Morgan fingerprint density at radius 2 is 1.97 bits per heavy atom. The van der Waals surface area contributed by atoms with E-state index in [0.29, 0.717) is 31.1 Å². The summed E-state index contributed by atoms with van der Waals surface area (Å²) >= 11 is 0. The van der Waals surface area contributed by atoms with E-state index in [2.05, 4.69) is 50.8 Å². The van der Waals surface area contributed by atoms with Gasteiger partial charge in [-0.05, 0) is 36.4 Å². The maximum absolute atomic E-state index is 5.99. The number of hydrogen-bond acceptors (Lipinski definition) is 8. The number of para-hydroxylation sites is 2. The largest absolute Gasteiger partial charge is 0.494 e. The molecule has 2 heterocycles. The molecule has 0 saturated heterocycles. The second-order valence-electron chi connectivity index (χ2n) is 8.99. The zero-order chi connectivity index (χ0) is 23.2. The summed E-state index contributed by atoms with van der Waals surface area (Å²) < 4.78 is 13.3. The summed E-state index contributed by atoms with van der Waals surface area (Å²) in [5.41, 5.74) is 0.125. The van der Waals surface area contributed by atoms with Crippen LogP contribution in [0.4, 0.5) is 0 Å². The fourth-order valence-corrected chi connectivity index (χ4v) is 3.62. The Bertz CT molecular complexity index is 955. The molecule has 0 fully saturated rings. The predicted octanol–water partition coefficient (Wildman–Crippen LogP) is 3.72. The molecule has 9 nitrogen and oxygen atoms in total. The number of terminal acetylenes is 1. The predicted molar refractivity (Wildman–Crippen MR) is 122 cm³/mol. The van der Waals surface area contributed by atoms with Gasteiger partial charge >= 0.3 is 0 Å². The minimum absolute atomic E-state index is 0.122. The SMILES string of the molecule is C#CCCC1(CCNC(c2nnnn2-c2ccccc2OC)C(C)(C)COC(C)C)N=N1. The van der Waals surface area contributed by atoms with Gasteiger partial charge in [-0.2, -0.15) is 14.9 Å². The first kappa shape index (κ1) is 23.8. The van der Waals surface area contributed by atoms with Crippen LogP contribution in [-0.2, 0) is 4.74 Å². The van der Waals surface area contributed by atoms with Gasteiger partial charge in [0.2, 0.25) is 0 Å². The average Bonchev–Trinajstić information content (AvgIpc) is 3.39. The Balaban J connectivity index is 1.85. The molecule has 32 heavy (non-hydrogen) atoms. The third-order valence-corrected chi connectivity index (χ3v) is 5.56. The van der Waals surface area contributed by atoms with E-state index in [-0.39, 0.29) is 23.2 Å². The topological polar surface area (TPSA) is 98.8 Å². The van der Waals surface area contributed by atoms with Crippen molar-refractivity contribution < 1.29 is 9.47 Å². The summed E-state index contributed by atoms with van der Waals surface area (Å²) in [6.45, 7) is 9.58. The Kier molecular flexibility index (Phi) is 7.59. The summed E-state index contributed by atoms with van der Waals surface area (Å²) in [4.78, 5) is 0. The molecule has 9 heteroatoms. The first-order valence-electron chi connectivity index (χ1n) is 11.0. The second-order valence-corrected chi connectivity index (χ2v) is 8.99. The molecular weight excluding hydrogens is 406 g/mol. The molecule has 0 radical (unpaired) electrons. The van der Waals surface area contributed by atoms with Crippen LogP contribution in [0, 0.1) is 17.8 Å². The molecule has 2 aromatic rings. The van der Waals surface area contributed by atoms with Gasteiger partial charge in [0.15, 0.2) is 11.5 Å². The highest BCUT2D eigenvalue weighted by atomic mass is 16.5. The molecule has 0 bridgehead atoms. The van der Waals surface area contributed by atoms with Gasteiger partial charge in [-0.1, -0.05) is 26.0 Å². The Labute approximate surface area is 190 Å². The van der Waals surface area contributed by atoms with Crippen LogP contribution in [-0.4, -0.2) is 52.2 Å². The molecule has 1 N–H and O–H groups in total. The lowest BCUT2D eigenvalue weighted by Gasteiger charge is -2.35. The van der Waals surface area contributed by atoms with Crippen LogP contribution >= 0.6 is 0 Å². The number of methoxy groups -OCH3 is 1. The van der Waals surface area contributed by atoms with Gasteiger partial charge in [-0.3, -0.25) is 0 Å². The van der Waals surface area contributed by atoms with E-state index in [1.807, 2.05) is 38.1 Å². The highest BCUT2D eigenvalue weighted by Crippen LogP contribution is 2.38. The summed E-state index contributed by atoms with van der Waals surface area (Å²) in [5, 5.41) is 24.8. The zero-order valence-electron chi connectivity index (χ0n) is 19.6. The summed E-state index contributed by atoms with van der Waals surface area (Å²) in [6, 6.07) is 7.49. The van der Waals surface area contributed by atoms with Crippen molar-refractivity contribution in [3.05, 3.63) is 30.1 Å². The highest BCUT2D eigenvalue weighted by Gasteiger charge is 2.40. The standard InChI is InChI=1S/C23H33N7O2/c1-7-8-13-23(26-27-23)14-15-24-20(22(4,5)16-32-17(2)3)21-25-28-29-30(21)18-11-9-10-12-19(18)31-6/h1,9-12,17,20,24H,8,13-16H2,2-6H3. The molecule has 1 aromatic carbocycles. The van der Waals surface area contributed by atoms with Crippen molar-refractivity contribution in [3.63, 3.8) is 0 Å². The van der Waals surface area contributed by atoms with E-state index < -0.39 is 0 Å². The monoisotopic (exact) mass is 439 g/mol. The normalized spacial score (nSPS) is 15.5. The number of hydrogen-bond donors (Lipinski definition) is 1. The van der Waals surface area contributed by atoms with E-state index in [9.17, 15) is 0 Å². The minimum atomic E-state index is -0.350. The molecule has 1 aliphatic heterocycles. The van der Waals surface area contributed by atoms with Gasteiger partial charge in [0, 0.05) is 31.2 Å². The molecule has 1 atom stereocenters. The van der Waals surface area contributed by atoms with Crippen molar-refractivity contribution in [2.75, 3.05) is 20.3 Å². The van der Waals surface area contributed by atoms with Crippen LogP contribution in [0.15, 0.2) is 34.5 Å². The van der Waals surface area contributed by atoms with Crippen LogP contribution < -0.4 is 10.1 Å². The lowest BCUT2D eigenvalue weighted by molar-refractivity contribution is 0.00306. The van der Waals surface area contributed by atoms with Gasteiger partial charge in [0.1, 0.15) is 11.4 Å². The van der Waals surface area contributed by atoms with Crippen molar-refractivity contribution in [3.8, 4) is 23.8 Å². The summed E-state index contributed by atoms with van der Waals surface area (Å²) in [7, 11) is 1.64. The van der Waals surface area contributed by atoms with Crippen molar-refractivity contribution in [2.24, 2.45) is 15.6 Å². The Hall–Kier alpha value is -2.83. The number of nitrogens with zero attached hydrogens (tertiary/aromatic N) is 6. The Morgan fingerprint density at radius 1 is 1.22 bits per heavy atom. The van der Waals surface area contributed by atoms with Crippen LogP contribution in [0.5, 0.6) is 5.75 Å². The number of benzene rings is 1. The first-order chi connectivity index (χ1) is 15.3. The van der Waals surface area contributed by atoms with E-state index >= 15 is 0 Å². The minimum Gasteiger partial charge on any atom is -0.494 e. The zero-order valence-corrected chi connectivity index (χ0v) is 19.6. The molecule has 1 unspecified atom stereocenters. The van der Waals surface area contributed by atoms with Gasteiger partial charge in [-0.15, -0.1) is 17.4 Å². The van der Waals surface area contributed by atoms with Gasteiger partial charge in [0.05, 0.1) is 25.9 Å². The molecule has 3 rings (SSSR count). The van der Waals surface area contributed by atoms with Crippen LogP contribution in [0.3, 0.4) is 0 Å². The fourth-order valence-electron chi connectivity index (χ4n) is 3.62. The quantitative estimate of drug-likeness (QED) is 0.478. The molecular formula is C23H33N7O2. The lowest BCUT2D eigenvalue weighted by Crippen LogP contribution is -2.41. The molecule has 0 amide bonds. The maximum Gasteiger partial charge on any atom is 0.193 e. The van der Waals surface area contributed by atoms with Gasteiger partial charge in [0.25, 0.3) is 0 Å². The number of tetrazole rings is 1. The van der Waals surface area contributed by atoms with E-state index in [4.69, 9.17) is 15.9 Å². The highest BCUT2D eigenvalue weighted by molar-refractivity contribution is 5.46. The lowest BCUT2D eigenvalue weighted by atomic mass is 9.84. The number of ether oxygens (including phenoxy) is 2. The van der Waals surface area contributed by atoms with E-state index in [0.717, 1.165) is 18.5 Å². The summed E-state index contributed by atoms with van der Waals surface area (Å²) in [6.07, 6.45) is 7.74. The molecule has 0 saturated carbocycles. The first-order valence-corrected chi connectivity index (χ1v) is 11.0. The molecule has 1 aromatic heterocycles. The molecule has 0 spiro atoms. The summed E-state index contributed by atoms with van der Waals surface area (Å²) in [5.74, 6) is 4.06. The van der Waals surface area contributed by atoms with Crippen molar-refractivity contribution in [1.29, 1.82) is 0 Å². The van der Waals surface area contributed by atoms with Crippen LogP contribution in [0.1, 0.15) is 58.8 Å². The van der Waals surface area contributed by atoms with Crippen molar-refractivity contribution >= 4 is 0 Å². The van der Waals surface area contributed by atoms with Gasteiger partial charge < -0.3 is 14.8 Å². The number of rotatable bonds is 13. The number of nitrogens with one attached hydrogen (secondary N) is 1. The van der Waals surface area contributed by atoms with Crippen molar-refractivity contribution in [2.45, 2.75) is 64.8 Å². The average molecular weight is 440 g/mol. The maximum atomic E-state index is 5.99. The van der Waals surface area contributed by atoms with E-state index in [1.165, 1.54) is 0 Å². The third kappa shape index (κ3) is 5.69. The smallest absolute Gasteiger partial charge is 0.193 e. The van der Waals surface area contributed by atoms with Crippen LogP contribution in [0.25, 0.3) is 5.69 Å². The van der Waals surface area contributed by atoms with Crippen LogP contribution in [0.2, 0.25) is 0 Å². The van der Waals surface area contributed by atoms with Gasteiger partial charge in [-0.25, -0.2) is 0 Å². The second kappa shape index (κ2) is 10.2. The Morgan fingerprint density at radius 3 is 2.62 bits per heavy atom. The third-order valence-electron chi connectivity index (χ3n) is 5.56. The number of aromatic nitrogens is 4.